The van der Waals surface area contributed by atoms with E-state index in [1.54, 1.807) is 19.0 Å². The summed E-state index contributed by atoms with van der Waals surface area (Å²) in [6.45, 7) is 1.91. The second-order valence-corrected chi connectivity index (χ2v) is 7.47. The molecule has 2 aromatic carbocycles. The zero-order valence-corrected chi connectivity index (χ0v) is 15.1. The molecule has 0 N–H and O–H groups in total. The van der Waals surface area contributed by atoms with Gasteiger partial charge < -0.3 is 4.90 Å². The van der Waals surface area contributed by atoms with Gasteiger partial charge in [0, 0.05) is 19.5 Å². The lowest BCUT2D eigenvalue weighted by atomic mass is 10.2. The second-order valence-electron chi connectivity index (χ2n) is 6.16. The van der Waals surface area contributed by atoms with Crippen molar-refractivity contribution >= 4 is 45.3 Å². The molecule has 5 nitrogen and oxygen atoms in total. The fourth-order valence-corrected chi connectivity index (χ4v) is 4.03. The summed E-state index contributed by atoms with van der Waals surface area (Å²) < 4.78 is 2.06. The summed E-state index contributed by atoms with van der Waals surface area (Å²) >= 11 is 1.46. The largest absolute Gasteiger partial charge is 0.348 e. The van der Waals surface area contributed by atoms with Gasteiger partial charge in [-0.1, -0.05) is 36.0 Å². The summed E-state index contributed by atoms with van der Waals surface area (Å²) in [5.74, 6) is 0.0672. The van der Waals surface area contributed by atoms with E-state index in [1.807, 2.05) is 55.5 Å². The van der Waals surface area contributed by atoms with Crippen LogP contribution in [0.4, 0.5) is 0 Å². The van der Waals surface area contributed by atoms with E-state index in [-0.39, 0.29) is 11.2 Å². The van der Waals surface area contributed by atoms with E-state index in [1.165, 1.54) is 11.8 Å². The first-order chi connectivity index (χ1) is 12.1. The third-order valence-corrected chi connectivity index (χ3v) is 5.22. The zero-order valence-electron chi connectivity index (χ0n) is 14.3. The molecule has 0 saturated heterocycles. The molecule has 0 aliphatic rings. The molecule has 0 radical (unpaired) electrons. The van der Waals surface area contributed by atoms with Crippen molar-refractivity contribution in [3.63, 3.8) is 0 Å². The van der Waals surface area contributed by atoms with Gasteiger partial charge in [-0.15, -0.1) is 0 Å². The molecular weight excluding hydrogens is 332 g/mol. The number of aromatic nitrogens is 3. The normalized spacial score (nSPS) is 12.8. The molecule has 1 unspecified atom stereocenters. The maximum atomic E-state index is 12.3. The van der Waals surface area contributed by atoms with Crippen molar-refractivity contribution in [3.8, 4) is 0 Å². The Morgan fingerprint density at radius 1 is 1.04 bits per heavy atom. The van der Waals surface area contributed by atoms with E-state index in [0.29, 0.717) is 0 Å². The van der Waals surface area contributed by atoms with Crippen molar-refractivity contribution in [1.82, 2.24) is 19.3 Å². The lowest BCUT2D eigenvalue weighted by Gasteiger charge is -2.17. The maximum absolute atomic E-state index is 12.3. The Labute approximate surface area is 149 Å². The van der Waals surface area contributed by atoms with Gasteiger partial charge in [-0.25, -0.2) is 9.97 Å². The van der Waals surface area contributed by atoms with Crippen LogP contribution in [0.25, 0.3) is 27.6 Å². The van der Waals surface area contributed by atoms with Crippen LogP contribution >= 0.6 is 11.8 Å². The van der Waals surface area contributed by atoms with E-state index >= 15 is 0 Å². The van der Waals surface area contributed by atoms with Crippen molar-refractivity contribution in [2.24, 2.45) is 0 Å². The standard InChI is InChI=1S/C19H18N4OS/c1-12(18(24)22(2)3)25-19-21-14-9-5-4-8-13(14)17-20-15-10-6-7-11-16(15)23(17)19/h4-12H,1-3H3. The summed E-state index contributed by atoms with van der Waals surface area (Å²) in [6.07, 6.45) is 0. The Hall–Kier alpha value is -2.60. The lowest BCUT2D eigenvalue weighted by molar-refractivity contribution is -0.127. The summed E-state index contributed by atoms with van der Waals surface area (Å²) in [4.78, 5) is 23.5. The van der Waals surface area contributed by atoms with E-state index in [9.17, 15) is 4.79 Å². The summed E-state index contributed by atoms with van der Waals surface area (Å²) in [5.41, 5.74) is 3.69. The number of hydrogen-bond donors (Lipinski definition) is 0. The molecule has 25 heavy (non-hydrogen) atoms. The Morgan fingerprint density at radius 3 is 2.48 bits per heavy atom. The number of nitrogens with zero attached hydrogens (tertiary/aromatic N) is 4. The number of para-hydroxylation sites is 3. The average Bonchev–Trinajstić information content (AvgIpc) is 3.01. The molecule has 1 amide bonds. The topological polar surface area (TPSA) is 50.5 Å². The smallest absolute Gasteiger partial charge is 0.235 e. The van der Waals surface area contributed by atoms with Crippen LogP contribution in [0.3, 0.4) is 0 Å². The lowest BCUT2D eigenvalue weighted by Crippen LogP contribution is -2.29. The van der Waals surface area contributed by atoms with Gasteiger partial charge in [-0.3, -0.25) is 9.20 Å². The number of amides is 1. The van der Waals surface area contributed by atoms with Crippen molar-refractivity contribution < 1.29 is 4.79 Å². The highest BCUT2D eigenvalue weighted by atomic mass is 32.2. The number of hydrogen-bond acceptors (Lipinski definition) is 4. The maximum Gasteiger partial charge on any atom is 0.235 e. The summed E-state index contributed by atoms with van der Waals surface area (Å²) in [5, 5.41) is 1.56. The molecule has 4 rings (SSSR count). The van der Waals surface area contributed by atoms with Crippen LogP contribution in [0, 0.1) is 0 Å². The van der Waals surface area contributed by atoms with Gasteiger partial charge in [-0.2, -0.15) is 0 Å². The van der Waals surface area contributed by atoms with Crippen LogP contribution in [-0.2, 0) is 4.79 Å². The summed E-state index contributed by atoms with van der Waals surface area (Å²) in [7, 11) is 3.55. The minimum absolute atomic E-state index is 0.0672. The van der Waals surface area contributed by atoms with Gasteiger partial charge in [0.25, 0.3) is 0 Å². The van der Waals surface area contributed by atoms with Crippen LogP contribution in [0.15, 0.2) is 53.7 Å². The van der Waals surface area contributed by atoms with Crippen molar-refractivity contribution in [3.05, 3.63) is 48.5 Å². The number of rotatable bonds is 3. The van der Waals surface area contributed by atoms with E-state index in [4.69, 9.17) is 9.97 Å². The first kappa shape index (κ1) is 15.9. The third kappa shape index (κ3) is 2.62. The molecular formula is C19H18N4OS. The van der Waals surface area contributed by atoms with Crippen LogP contribution in [0.1, 0.15) is 6.92 Å². The van der Waals surface area contributed by atoms with Crippen molar-refractivity contribution in [2.75, 3.05) is 14.1 Å². The second kappa shape index (κ2) is 6.04. The molecule has 0 aliphatic heterocycles. The SMILES string of the molecule is CC(Sc1nc2ccccc2c2nc3ccccc3n12)C(=O)N(C)C. The molecule has 0 fully saturated rings. The predicted molar refractivity (Wildman–Crippen MR) is 102 cm³/mol. The fourth-order valence-electron chi connectivity index (χ4n) is 2.96. The average molecular weight is 350 g/mol. The Balaban J connectivity index is 1.99. The van der Waals surface area contributed by atoms with Gasteiger partial charge in [-0.05, 0) is 31.2 Å². The predicted octanol–water partition coefficient (Wildman–Crippen LogP) is 3.60. The number of carbonyl (C=O) groups is 1. The fraction of sp³-hybridized carbons (Fsp3) is 0.211. The monoisotopic (exact) mass is 350 g/mol. The van der Waals surface area contributed by atoms with Gasteiger partial charge in [0.1, 0.15) is 5.65 Å². The number of benzene rings is 2. The summed E-state index contributed by atoms with van der Waals surface area (Å²) in [6, 6.07) is 16.0. The van der Waals surface area contributed by atoms with E-state index < -0.39 is 0 Å². The van der Waals surface area contributed by atoms with Crippen molar-refractivity contribution in [1.29, 1.82) is 0 Å². The minimum Gasteiger partial charge on any atom is -0.348 e. The van der Waals surface area contributed by atoms with E-state index in [2.05, 4.69) is 4.40 Å². The number of fused-ring (bicyclic) bond motifs is 5. The highest BCUT2D eigenvalue weighted by Crippen LogP contribution is 2.31. The van der Waals surface area contributed by atoms with Gasteiger partial charge in [0.15, 0.2) is 5.16 Å². The molecule has 0 saturated carbocycles. The number of carbonyl (C=O) groups excluding carboxylic acids is 1. The molecule has 0 spiro atoms. The first-order valence-corrected chi connectivity index (χ1v) is 8.98. The highest BCUT2D eigenvalue weighted by Gasteiger charge is 2.21. The minimum atomic E-state index is -0.229. The van der Waals surface area contributed by atoms with E-state index in [0.717, 1.165) is 32.7 Å². The van der Waals surface area contributed by atoms with Gasteiger partial charge >= 0.3 is 0 Å². The van der Waals surface area contributed by atoms with Crippen molar-refractivity contribution in [2.45, 2.75) is 17.3 Å². The van der Waals surface area contributed by atoms with Crippen LogP contribution in [0.2, 0.25) is 0 Å². The van der Waals surface area contributed by atoms with Crippen LogP contribution < -0.4 is 0 Å². The third-order valence-electron chi connectivity index (χ3n) is 4.18. The Bertz CT molecular complexity index is 1100. The van der Waals surface area contributed by atoms with Gasteiger partial charge in [0.2, 0.25) is 5.91 Å². The molecule has 1 atom stereocenters. The number of thioether (sulfide) groups is 1. The Morgan fingerprint density at radius 2 is 1.72 bits per heavy atom. The molecule has 2 heterocycles. The highest BCUT2D eigenvalue weighted by molar-refractivity contribution is 8.00. The molecule has 2 aromatic heterocycles. The van der Waals surface area contributed by atoms with Crippen LogP contribution in [-0.4, -0.2) is 44.5 Å². The molecule has 126 valence electrons. The Kier molecular flexibility index (Phi) is 3.84. The first-order valence-electron chi connectivity index (χ1n) is 8.10. The molecule has 0 bridgehead atoms. The quantitative estimate of drug-likeness (QED) is 0.418. The molecule has 4 aromatic rings. The zero-order chi connectivity index (χ0) is 17.6. The number of imidazole rings is 1. The van der Waals surface area contributed by atoms with Crippen LogP contribution in [0.5, 0.6) is 0 Å². The van der Waals surface area contributed by atoms with Gasteiger partial charge in [0.05, 0.1) is 21.8 Å². The molecule has 0 aliphatic carbocycles. The molecule has 6 heteroatoms.